The van der Waals surface area contributed by atoms with Gasteiger partial charge in [0, 0.05) is 0 Å². The van der Waals surface area contributed by atoms with E-state index in [1.54, 1.807) is 0 Å². The fourth-order valence-corrected chi connectivity index (χ4v) is 0.689. The zero-order valence-corrected chi connectivity index (χ0v) is 7.07. The van der Waals surface area contributed by atoms with E-state index in [1.165, 1.54) is 19.9 Å². The zero-order chi connectivity index (χ0) is 9.72. The van der Waals surface area contributed by atoms with Gasteiger partial charge in [-0.05, 0) is 31.6 Å². The van der Waals surface area contributed by atoms with Gasteiger partial charge in [-0.25, -0.2) is 13.2 Å². The molecule has 0 bridgehead atoms. The van der Waals surface area contributed by atoms with E-state index in [4.69, 9.17) is 0 Å². The summed E-state index contributed by atoms with van der Waals surface area (Å²) in [5.41, 5.74) is 0.335. The summed E-state index contributed by atoms with van der Waals surface area (Å²) in [5, 5.41) is 0. The fourth-order valence-electron chi connectivity index (χ4n) is 0.689. The molecule has 0 fully saturated rings. The molecule has 0 N–H and O–H groups in total. The van der Waals surface area contributed by atoms with Crippen molar-refractivity contribution in [1.82, 2.24) is 0 Å². The predicted octanol–water partition coefficient (Wildman–Crippen LogP) is 3.63. The summed E-state index contributed by atoms with van der Waals surface area (Å²) in [6.07, 6.45) is 0.919. The average molecular weight is 176 g/mol. The number of alkyl halides is 1. The van der Waals surface area contributed by atoms with Crippen LogP contribution in [0.15, 0.2) is 36.0 Å². The molecule has 0 unspecified atom stereocenters. The summed E-state index contributed by atoms with van der Waals surface area (Å²) in [7, 11) is 0. The smallest absolute Gasteiger partial charge is 0.158 e. The third-order valence-corrected chi connectivity index (χ3v) is 1.11. The van der Waals surface area contributed by atoms with Crippen LogP contribution in [0.4, 0.5) is 13.2 Å². The highest BCUT2D eigenvalue weighted by molar-refractivity contribution is 5.27. The summed E-state index contributed by atoms with van der Waals surface area (Å²) in [6, 6.07) is 0. The predicted molar refractivity (Wildman–Crippen MR) is 43.8 cm³/mol. The highest BCUT2D eigenvalue weighted by Crippen LogP contribution is 2.13. The average Bonchev–Trinajstić information content (AvgIpc) is 1.84. The maximum atomic E-state index is 12.4. The Hall–Kier alpha value is -0.990. The van der Waals surface area contributed by atoms with Crippen LogP contribution in [-0.2, 0) is 0 Å². The lowest BCUT2D eigenvalue weighted by Gasteiger charge is -1.95. The van der Waals surface area contributed by atoms with Crippen LogP contribution >= 0.6 is 0 Å². The van der Waals surface area contributed by atoms with Crippen molar-refractivity contribution in [2.45, 2.75) is 20.0 Å². The normalized spacial score (nSPS) is 16.1. The van der Waals surface area contributed by atoms with Crippen LogP contribution in [0, 0.1) is 0 Å². The Kier molecular flexibility index (Phi) is 4.40. The van der Waals surface area contributed by atoms with Gasteiger partial charge >= 0.3 is 0 Å². The lowest BCUT2D eigenvalue weighted by molar-refractivity contribution is 0.429. The van der Waals surface area contributed by atoms with Crippen molar-refractivity contribution >= 4 is 0 Å². The lowest BCUT2D eigenvalue weighted by atomic mass is 10.2. The van der Waals surface area contributed by atoms with Crippen molar-refractivity contribution in [2.24, 2.45) is 0 Å². The molecular weight excluding hydrogens is 165 g/mol. The Bertz CT molecular complexity index is 224. The van der Waals surface area contributed by atoms with Gasteiger partial charge < -0.3 is 0 Å². The Morgan fingerprint density at radius 1 is 1.42 bits per heavy atom. The molecule has 0 heterocycles. The monoisotopic (exact) mass is 176 g/mol. The third-order valence-electron chi connectivity index (χ3n) is 1.11. The Labute approximate surface area is 70.1 Å². The van der Waals surface area contributed by atoms with Gasteiger partial charge in [-0.15, -0.1) is 0 Å². The van der Waals surface area contributed by atoms with E-state index in [0.717, 1.165) is 6.08 Å². The topological polar surface area (TPSA) is 0 Å². The maximum absolute atomic E-state index is 12.4. The molecule has 12 heavy (non-hydrogen) atoms. The SMILES string of the molecule is C=C(F)/C(F)=C\C(C)=C/[C@@H](C)F. The molecule has 0 radical (unpaired) electrons. The van der Waals surface area contributed by atoms with Crippen LogP contribution in [0.5, 0.6) is 0 Å². The van der Waals surface area contributed by atoms with Gasteiger partial charge in [0.1, 0.15) is 6.17 Å². The second kappa shape index (κ2) is 4.80. The van der Waals surface area contributed by atoms with Crippen LogP contribution < -0.4 is 0 Å². The van der Waals surface area contributed by atoms with E-state index in [0.29, 0.717) is 5.57 Å². The van der Waals surface area contributed by atoms with Crippen LogP contribution in [0.1, 0.15) is 13.8 Å². The van der Waals surface area contributed by atoms with Gasteiger partial charge in [-0.2, -0.15) is 0 Å². The zero-order valence-electron chi connectivity index (χ0n) is 7.07. The first-order valence-electron chi connectivity index (χ1n) is 3.48. The van der Waals surface area contributed by atoms with Crippen molar-refractivity contribution < 1.29 is 13.2 Å². The van der Waals surface area contributed by atoms with E-state index in [2.05, 4.69) is 6.58 Å². The van der Waals surface area contributed by atoms with Crippen LogP contribution in [0.25, 0.3) is 0 Å². The summed E-state index contributed by atoms with van der Waals surface area (Å²) in [6.45, 7) is 5.55. The molecule has 0 saturated heterocycles. The largest absolute Gasteiger partial charge is 0.243 e. The van der Waals surface area contributed by atoms with Gasteiger partial charge in [-0.3, -0.25) is 0 Å². The Balaban J connectivity index is 4.43. The molecule has 0 aliphatic heterocycles. The molecule has 0 aromatic carbocycles. The van der Waals surface area contributed by atoms with Crippen LogP contribution in [-0.4, -0.2) is 6.17 Å². The fraction of sp³-hybridized carbons (Fsp3) is 0.333. The van der Waals surface area contributed by atoms with Crippen molar-refractivity contribution in [3.05, 3.63) is 36.0 Å². The van der Waals surface area contributed by atoms with Crippen LogP contribution in [0.3, 0.4) is 0 Å². The second-order valence-electron chi connectivity index (χ2n) is 2.49. The molecular formula is C9H11F3. The Morgan fingerprint density at radius 3 is 2.25 bits per heavy atom. The standard InChI is InChI=1S/C9H11F3/c1-6(4-7(2)10)5-9(12)8(3)11/h4-5,7H,3H2,1-2H3/b6-4-,9-5+/t7-/m1/s1. The first kappa shape index (κ1) is 11.0. The van der Waals surface area contributed by atoms with Gasteiger partial charge in [0.25, 0.3) is 0 Å². The van der Waals surface area contributed by atoms with Gasteiger partial charge in [0.15, 0.2) is 11.7 Å². The summed E-state index contributed by atoms with van der Waals surface area (Å²) in [5.74, 6) is -2.21. The molecule has 1 atom stereocenters. The van der Waals surface area contributed by atoms with Crippen molar-refractivity contribution in [2.75, 3.05) is 0 Å². The minimum Gasteiger partial charge on any atom is -0.243 e. The minimum atomic E-state index is -1.16. The number of hydrogen-bond donors (Lipinski definition) is 0. The number of rotatable bonds is 3. The van der Waals surface area contributed by atoms with Crippen molar-refractivity contribution in [3.63, 3.8) is 0 Å². The quantitative estimate of drug-likeness (QED) is 0.576. The molecule has 0 nitrogen and oxygen atoms in total. The molecule has 0 aliphatic carbocycles. The molecule has 0 amide bonds. The van der Waals surface area contributed by atoms with Crippen molar-refractivity contribution in [3.8, 4) is 0 Å². The minimum absolute atomic E-state index is 0.335. The summed E-state index contributed by atoms with van der Waals surface area (Å²) >= 11 is 0. The van der Waals surface area contributed by atoms with E-state index in [9.17, 15) is 13.2 Å². The number of allylic oxidation sites excluding steroid dienone is 5. The first-order valence-corrected chi connectivity index (χ1v) is 3.48. The van der Waals surface area contributed by atoms with E-state index in [-0.39, 0.29) is 0 Å². The third kappa shape index (κ3) is 4.77. The molecule has 0 aliphatic rings. The van der Waals surface area contributed by atoms with E-state index >= 15 is 0 Å². The van der Waals surface area contributed by atoms with Gasteiger partial charge in [-0.1, -0.05) is 6.58 Å². The molecule has 0 aromatic rings. The van der Waals surface area contributed by atoms with Gasteiger partial charge in [0.05, 0.1) is 0 Å². The molecule has 0 spiro atoms. The molecule has 0 saturated carbocycles. The Morgan fingerprint density at radius 2 is 1.92 bits per heavy atom. The second-order valence-corrected chi connectivity index (χ2v) is 2.49. The van der Waals surface area contributed by atoms with Crippen LogP contribution in [0.2, 0.25) is 0 Å². The highest BCUT2D eigenvalue weighted by atomic mass is 19.2. The summed E-state index contributed by atoms with van der Waals surface area (Å²) in [4.78, 5) is 0. The first-order chi connectivity index (χ1) is 5.43. The molecule has 0 rings (SSSR count). The van der Waals surface area contributed by atoms with Gasteiger partial charge in [0.2, 0.25) is 0 Å². The molecule has 3 heteroatoms. The summed E-state index contributed by atoms with van der Waals surface area (Å²) < 4.78 is 36.7. The van der Waals surface area contributed by atoms with Crippen molar-refractivity contribution in [1.29, 1.82) is 0 Å². The number of halogens is 3. The highest BCUT2D eigenvalue weighted by Gasteiger charge is 1.99. The lowest BCUT2D eigenvalue weighted by Crippen LogP contribution is -1.86. The molecule has 0 aromatic heterocycles. The number of hydrogen-bond acceptors (Lipinski definition) is 0. The maximum Gasteiger partial charge on any atom is 0.158 e. The van der Waals surface area contributed by atoms with E-state index < -0.39 is 17.8 Å². The molecule has 68 valence electrons. The van der Waals surface area contributed by atoms with E-state index in [1.807, 2.05) is 0 Å².